The van der Waals surface area contributed by atoms with Crippen LogP contribution in [0.5, 0.6) is 5.75 Å². The standard InChI is InChI=1S/C38H40N4O4S/c1-26-25-47-36(40-26)24-42(2)38(45)32-20-30(29-14-8-5-9-15-29)19-31(21-32)37(44)41-34(18-27-11-6-4-7-12-27)35(43)23-39-22-28-13-10-16-33(17-28)46-3/h4-17,19-21,25,34-35,39,43H,18,22-24H2,1-3H3,(H,41,44)/t34-,35+/m0/s1. The first kappa shape index (κ1) is 33.5. The van der Waals surface area contributed by atoms with Gasteiger partial charge in [0.2, 0.25) is 0 Å². The predicted octanol–water partition coefficient (Wildman–Crippen LogP) is 5.89. The molecule has 0 saturated carbocycles. The minimum atomic E-state index is -0.893. The van der Waals surface area contributed by atoms with Gasteiger partial charge >= 0.3 is 0 Å². The largest absolute Gasteiger partial charge is 0.497 e. The van der Waals surface area contributed by atoms with Crippen molar-refractivity contribution in [3.8, 4) is 16.9 Å². The molecule has 2 atom stereocenters. The summed E-state index contributed by atoms with van der Waals surface area (Å²) in [6, 6.07) is 31.8. The van der Waals surface area contributed by atoms with Crippen LogP contribution in [-0.2, 0) is 19.5 Å². The van der Waals surface area contributed by atoms with Gasteiger partial charge in [-0.1, -0.05) is 72.8 Å². The average Bonchev–Trinajstić information content (AvgIpc) is 3.52. The second-order valence-electron chi connectivity index (χ2n) is 11.5. The molecule has 47 heavy (non-hydrogen) atoms. The molecule has 0 aliphatic heterocycles. The van der Waals surface area contributed by atoms with E-state index in [0.717, 1.165) is 38.7 Å². The first-order valence-corrected chi connectivity index (χ1v) is 16.4. The van der Waals surface area contributed by atoms with E-state index < -0.39 is 12.1 Å². The smallest absolute Gasteiger partial charge is 0.254 e. The summed E-state index contributed by atoms with van der Waals surface area (Å²) in [5.41, 5.74) is 5.29. The number of methoxy groups -OCH3 is 1. The molecule has 1 aromatic heterocycles. The lowest BCUT2D eigenvalue weighted by Crippen LogP contribution is -2.48. The third-order valence-corrected chi connectivity index (χ3v) is 8.78. The van der Waals surface area contributed by atoms with Crippen LogP contribution in [0.3, 0.4) is 0 Å². The number of carbonyl (C=O) groups is 2. The van der Waals surface area contributed by atoms with Crippen molar-refractivity contribution in [1.29, 1.82) is 0 Å². The highest BCUT2D eigenvalue weighted by molar-refractivity contribution is 7.09. The fourth-order valence-electron chi connectivity index (χ4n) is 5.34. The third-order valence-electron chi connectivity index (χ3n) is 7.83. The van der Waals surface area contributed by atoms with Gasteiger partial charge in [0.1, 0.15) is 10.8 Å². The van der Waals surface area contributed by atoms with Gasteiger partial charge in [-0.2, -0.15) is 0 Å². The molecule has 0 fully saturated rings. The molecule has 0 saturated heterocycles. The van der Waals surface area contributed by atoms with Gasteiger partial charge in [0.15, 0.2) is 0 Å². The van der Waals surface area contributed by atoms with Gasteiger partial charge in [0.25, 0.3) is 11.8 Å². The van der Waals surface area contributed by atoms with Crippen molar-refractivity contribution in [2.45, 2.75) is 38.6 Å². The maximum absolute atomic E-state index is 13.9. The minimum absolute atomic E-state index is 0.215. The molecule has 2 amide bonds. The maximum atomic E-state index is 13.9. The number of carbonyl (C=O) groups excluding carboxylic acids is 2. The molecule has 8 nitrogen and oxygen atoms in total. The number of nitrogens with zero attached hydrogens (tertiary/aromatic N) is 2. The molecular formula is C38H40N4O4S. The lowest BCUT2D eigenvalue weighted by atomic mass is 9.97. The van der Waals surface area contributed by atoms with Gasteiger partial charge in [-0.25, -0.2) is 4.98 Å². The lowest BCUT2D eigenvalue weighted by molar-refractivity contribution is 0.0784. The van der Waals surface area contributed by atoms with E-state index in [4.69, 9.17) is 4.74 Å². The normalized spacial score (nSPS) is 12.3. The van der Waals surface area contributed by atoms with E-state index in [2.05, 4.69) is 15.6 Å². The molecular weight excluding hydrogens is 609 g/mol. The van der Waals surface area contributed by atoms with Crippen molar-refractivity contribution >= 4 is 23.2 Å². The second kappa shape index (κ2) is 16.1. The molecule has 4 aromatic carbocycles. The number of benzene rings is 4. The summed E-state index contributed by atoms with van der Waals surface area (Å²) < 4.78 is 5.32. The molecule has 9 heteroatoms. The number of aliphatic hydroxyl groups is 1. The zero-order valence-electron chi connectivity index (χ0n) is 26.9. The summed E-state index contributed by atoms with van der Waals surface area (Å²) in [5.74, 6) is 0.175. The topological polar surface area (TPSA) is 104 Å². The molecule has 0 radical (unpaired) electrons. The number of hydrogen-bond acceptors (Lipinski definition) is 7. The van der Waals surface area contributed by atoms with E-state index >= 15 is 0 Å². The Bertz CT molecular complexity index is 1780. The van der Waals surface area contributed by atoms with Crippen molar-refractivity contribution in [2.75, 3.05) is 20.7 Å². The number of hydrogen-bond donors (Lipinski definition) is 3. The van der Waals surface area contributed by atoms with Crippen LogP contribution in [0.1, 0.15) is 42.5 Å². The van der Waals surface area contributed by atoms with Gasteiger partial charge in [-0.15, -0.1) is 11.3 Å². The fourth-order valence-corrected chi connectivity index (χ4v) is 6.17. The van der Waals surface area contributed by atoms with E-state index in [9.17, 15) is 14.7 Å². The average molecular weight is 649 g/mol. The van der Waals surface area contributed by atoms with E-state index in [1.54, 1.807) is 31.2 Å². The molecule has 0 bridgehead atoms. The Hall–Kier alpha value is -4.83. The fraction of sp³-hybridized carbons (Fsp3) is 0.237. The van der Waals surface area contributed by atoms with Crippen molar-refractivity contribution in [3.63, 3.8) is 0 Å². The van der Waals surface area contributed by atoms with Gasteiger partial charge < -0.3 is 25.4 Å². The third kappa shape index (κ3) is 9.36. The molecule has 242 valence electrons. The van der Waals surface area contributed by atoms with Crippen LogP contribution in [0.4, 0.5) is 0 Å². The highest BCUT2D eigenvalue weighted by atomic mass is 32.1. The summed E-state index contributed by atoms with van der Waals surface area (Å²) in [5, 5.41) is 20.6. The number of aliphatic hydroxyl groups excluding tert-OH is 1. The SMILES string of the molecule is COc1cccc(CNC[C@@H](O)[C@H](Cc2ccccc2)NC(=O)c2cc(C(=O)N(C)Cc3nc(C)cs3)cc(-c3ccccc3)c2)c1. The van der Waals surface area contributed by atoms with Crippen LogP contribution in [0.15, 0.2) is 109 Å². The Balaban J connectivity index is 1.37. The number of rotatable bonds is 14. The predicted molar refractivity (Wildman–Crippen MR) is 187 cm³/mol. The summed E-state index contributed by atoms with van der Waals surface area (Å²) in [7, 11) is 3.36. The summed E-state index contributed by atoms with van der Waals surface area (Å²) in [6.07, 6.45) is -0.467. The van der Waals surface area contributed by atoms with Crippen LogP contribution in [0, 0.1) is 6.92 Å². The van der Waals surface area contributed by atoms with Gasteiger partial charge in [0.05, 0.1) is 25.8 Å². The summed E-state index contributed by atoms with van der Waals surface area (Å²) >= 11 is 1.51. The minimum Gasteiger partial charge on any atom is -0.497 e. The first-order valence-electron chi connectivity index (χ1n) is 15.5. The number of ether oxygens (including phenoxy) is 1. The number of aryl methyl sites for hydroxylation is 1. The highest BCUT2D eigenvalue weighted by Gasteiger charge is 2.24. The molecule has 1 heterocycles. The molecule has 5 rings (SSSR count). The Morgan fingerprint density at radius 2 is 1.60 bits per heavy atom. The molecule has 0 aliphatic carbocycles. The monoisotopic (exact) mass is 648 g/mol. The van der Waals surface area contributed by atoms with Crippen molar-refractivity contribution in [1.82, 2.24) is 20.5 Å². The van der Waals surface area contributed by atoms with Crippen molar-refractivity contribution in [3.05, 3.63) is 141 Å². The van der Waals surface area contributed by atoms with Crippen LogP contribution in [0.2, 0.25) is 0 Å². The highest BCUT2D eigenvalue weighted by Crippen LogP contribution is 2.24. The number of nitrogens with one attached hydrogen (secondary N) is 2. The Kier molecular flexibility index (Phi) is 11.5. The second-order valence-corrected chi connectivity index (χ2v) is 12.5. The summed E-state index contributed by atoms with van der Waals surface area (Å²) in [6.45, 7) is 3.07. The Morgan fingerprint density at radius 3 is 2.30 bits per heavy atom. The van der Waals surface area contributed by atoms with Crippen LogP contribution >= 0.6 is 11.3 Å². The molecule has 5 aromatic rings. The van der Waals surface area contributed by atoms with Gasteiger partial charge in [-0.05, 0) is 65.9 Å². The number of amides is 2. The first-order chi connectivity index (χ1) is 22.8. The van der Waals surface area contributed by atoms with Gasteiger partial charge in [-0.3, -0.25) is 9.59 Å². The lowest BCUT2D eigenvalue weighted by Gasteiger charge is -2.25. The summed E-state index contributed by atoms with van der Waals surface area (Å²) in [4.78, 5) is 33.7. The Labute approximate surface area is 280 Å². The number of aromatic nitrogens is 1. The van der Waals surface area contributed by atoms with Crippen molar-refractivity contribution < 1.29 is 19.4 Å². The van der Waals surface area contributed by atoms with Gasteiger partial charge in [0, 0.05) is 42.3 Å². The van der Waals surface area contributed by atoms with Crippen LogP contribution < -0.4 is 15.4 Å². The molecule has 0 unspecified atom stereocenters. The molecule has 0 aliphatic rings. The molecule has 0 spiro atoms. The maximum Gasteiger partial charge on any atom is 0.254 e. The van der Waals surface area contributed by atoms with E-state index in [0.29, 0.717) is 30.6 Å². The van der Waals surface area contributed by atoms with Crippen LogP contribution in [-0.4, -0.2) is 59.7 Å². The van der Waals surface area contributed by atoms with E-state index in [-0.39, 0.29) is 18.4 Å². The zero-order chi connectivity index (χ0) is 33.2. The van der Waals surface area contributed by atoms with E-state index in [1.807, 2.05) is 103 Å². The van der Waals surface area contributed by atoms with E-state index in [1.165, 1.54) is 11.3 Å². The Morgan fingerprint density at radius 1 is 0.894 bits per heavy atom. The quantitative estimate of drug-likeness (QED) is 0.139. The number of thiazole rings is 1. The van der Waals surface area contributed by atoms with Crippen LogP contribution in [0.25, 0.3) is 11.1 Å². The zero-order valence-corrected chi connectivity index (χ0v) is 27.7. The van der Waals surface area contributed by atoms with Crippen molar-refractivity contribution in [2.24, 2.45) is 0 Å². The molecule has 3 N–H and O–H groups in total.